The number of carbonyl (C=O) groups excluding carboxylic acids is 1. The number of aliphatic carboxylic acids is 1. The first-order valence-electron chi connectivity index (χ1n) is 7.65. The number of carboxylic acids is 1. The van der Waals surface area contributed by atoms with Gasteiger partial charge in [-0.3, -0.25) is 0 Å². The van der Waals surface area contributed by atoms with Gasteiger partial charge < -0.3 is 21.1 Å². The summed E-state index contributed by atoms with van der Waals surface area (Å²) in [5, 5.41) is 12.2. The van der Waals surface area contributed by atoms with Gasteiger partial charge in [0.1, 0.15) is 6.04 Å². The van der Waals surface area contributed by atoms with E-state index in [1.54, 1.807) is 0 Å². The Morgan fingerprint density at radius 2 is 1.75 bits per heavy atom. The predicted octanol–water partition coefficient (Wildman–Crippen LogP) is 1.30. The minimum atomic E-state index is -0.907. The van der Waals surface area contributed by atoms with Gasteiger partial charge in [0, 0.05) is 18.6 Å². The van der Waals surface area contributed by atoms with Gasteiger partial charge in [-0.05, 0) is 25.7 Å². The zero-order chi connectivity index (χ0) is 14.5. The van der Waals surface area contributed by atoms with Crippen LogP contribution in [0.25, 0.3) is 0 Å². The number of rotatable bonds is 2. The second kappa shape index (κ2) is 6.92. The van der Waals surface area contributed by atoms with E-state index in [0.29, 0.717) is 13.0 Å². The number of carboxylic acid groups (broad SMARTS) is 1. The van der Waals surface area contributed by atoms with Crippen LogP contribution >= 0.6 is 0 Å². The van der Waals surface area contributed by atoms with Gasteiger partial charge in [0.2, 0.25) is 0 Å². The van der Waals surface area contributed by atoms with Gasteiger partial charge in [-0.1, -0.05) is 25.7 Å². The van der Waals surface area contributed by atoms with E-state index in [2.05, 4.69) is 5.32 Å². The maximum absolute atomic E-state index is 12.4. The summed E-state index contributed by atoms with van der Waals surface area (Å²) in [6.07, 6.45) is 7.25. The molecule has 3 atom stereocenters. The van der Waals surface area contributed by atoms with Gasteiger partial charge in [-0.15, -0.1) is 0 Å². The van der Waals surface area contributed by atoms with Crippen molar-refractivity contribution < 1.29 is 14.7 Å². The SMILES string of the molecule is NC1CCCCC1NC(=O)N1CCCCCC1C(=O)O. The number of amides is 2. The van der Waals surface area contributed by atoms with Crippen LogP contribution < -0.4 is 11.1 Å². The lowest BCUT2D eigenvalue weighted by Crippen LogP contribution is -2.56. The zero-order valence-corrected chi connectivity index (χ0v) is 11.9. The molecule has 2 rings (SSSR count). The van der Waals surface area contributed by atoms with Crippen LogP contribution in [0.4, 0.5) is 4.79 Å². The molecule has 0 bridgehead atoms. The van der Waals surface area contributed by atoms with E-state index < -0.39 is 12.0 Å². The second-order valence-electron chi connectivity index (χ2n) is 5.90. The van der Waals surface area contributed by atoms with Crippen molar-refractivity contribution in [3.63, 3.8) is 0 Å². The third-order valence-corrected chi connectivity index (χ3v) is 4.43. The normalized spacial score (nSPS) is 31.4. The molecule has 3 unspecified atom stereocenters. The summed E-state index contributed by atoms with van der Waals surface area (Å²) in [4.78, 5) is 25.2. The van der Waals surface area contributed by atoms with Gasteiger partial charge in [0.25, 0.3) is 0 Å². The fourth-order valence-corrected chi connectivity index (χ4v) is 3.19. The van der Waals surface area contributed by atoms with Crippen molar-refractivity contribution in [2.24, 2.45) is 5.73 Å². The summed E-state index contributed by atoms with van der Waals surface area (Å²) >= 11 is 0. The average Bonchev–Trinajstić information content (AvgIpc) is 2.67. The molecule has 6 heteroatoms. The summed E-state index contributed by atoms with van der Waals surface area (Å²) in [7, 11) is 0. The van der Waals surface area contributed by atoms with E-state index in [1.165, 1.54) is 4.90 Å². The number of carbonyl (C=O) groups is 2. The highest BCUT2D eigenvalue weighted by Gasteiger charge is 2.33. The molecule has 2 aliphatic rings. The number of urea groups is 1. The highest BCUT2D eigenvalue weighted by atomic mass is 16.4. The number of hydrogen-bond acceptors (Lipinski definition) is 3. The minimum Gasteiger partial charge on any atom is -0.480 e. The van der Waals surface area contributed by atoms with Gasteiger partial charge in [-0.2, -0.15) is 0 Å². The molecule has 1 heterocycles. The number of nitrogens with one attached hydrogen (secondary N) is 1. The minimum absolute atomic E-state index is 0.0112. The molecule has 6 nitrogen and oxygen atoms in total. The first-order valence-corrected chi connectivity index (χ1v) is 7.65. The average molecular weight is 283 g/mol. The van der Waals surface area contributed by atoms with E-state index in [9.17, 15) is 14.7 Å². The summed E-state index contributed by atoms with van der Waals surface area (Å²) in [5.41, 5.74) is 6.03. The molecular weight excluding hydrogens is 258 g/mol. The van der Waals surface area contributed by atoms with E-state index in [-0.39, 0.29) is 18.1 Å². The van der Waals surface area contributed by atoms with Crippen molar-refractivity contribution in [2.75, 3.05) is 6.54 Å². The Morgan fingerprint density at radius 1 is 1.05 bits per heavy atom. The molecule has 0 radical (unpaired) electrons. The summed E-state index contributed by atoms with van der Waals surface area (Å²) in [6.45, 7) is 0.519. The molecule has 2 fully saturated rings. The third-order valence-electron chi connectivity index (χ3n) is 4.43. The van der Waals surface area contributed by atoms with Gasteiger partial charge >= 0.3 is 12.0 Å². The molecule has 1 saturated heterocycles. The fourth-order valence-electron chi connectivity index (χ4n) is 3.19. The van der Waals surface area contributed by atoms with E-state index in [1.807, 2.05) is 0 Å². The first kappa shape index (κ1) is 15.1. The number of hydrogen-bond donors (Lipinski definition) is 3. The Morgan fingerprint density at radius 3 is 2.45 bits per heavy atom. The van der Waals surface area contributed by atoms with Crippen molar-refractivity contribution in [1.29, 1.82) is 0 Å². The standard InChI is InChI=1S/C14H25N3O3/c15-10-6-3-4-7-11(10)16-14(20)17-9-5-1-2-8-12(17)13(18)19/h10-12H,1-9,15H2,(H,16,20)(H,18,19). The molecule has 0 aromatic rings. The lowest BCUT2D eigenvalue weighted by Gasteiger charge is -2.33. The number of nitrogens with two attached hydrogens (primary N) is 1. The van der Waals surface area contributed by atoms with Crippen LogP contribution in [0.3, 0.4) is 0 Å². The van der Waals surface area contributed by atoms with Gasteiger partial charge in [-0.25, -0.2) is 9.59 Å². The molecule has 1 aliphatic heterocycles. The molecule has 0 spiro atoms. The van der Waals surface area contributed by atoms with Crippen molar-refractivity contribution in [3.8, 4) is 0 Å². The summed E-state index contributed by atoms with van der Waals surface area (Å²) in [6, 6.07) is -0.990. The summed E-state index contributed by atoms with van der Waals surface area (Å²) < 4.78 is 0. The third kappa shape index (κ3) is 3.62. The monoisotopic (exact) mass is 283 g/mol. The van der Waals surface area contributed by atoms with Crippen LogP contribution in [-0.2, 0) is 4.79 Å². The Bertz CT molecular complexity index is 362. The Hall–Kier alpha value is -1.30. The summed E-state index contributed by atoms with van der Waals surface area (Å²) in [5.74, 6) is -0.907. The lowest BCUT2D eigenvalue weighted by molar-refractivity contribution is -0.142. The largest absolute Gasteiger partial charge is 0.480 e. The first-order chi connectivity index (χ1) is 9.59. The molecule has 2 amide bonds. The van der Waals surface area contributed by atoms with Crippen molar-refractivity contribution in [2.45, 2.75) is 69.5 Å². The van der Waals surface area contributed by atoms with Crippen LogP contribution in [0, 0.1) is 0 Å². The maximum Gasteiger partial charge on any atom is 0.326 e. The Kier molecular flexibility index (Phi) is 5.23. The van der Waals surface area contributed by atoms with Crippen LogP contribution in [0.15, 0.2) is 0 Å². The molecule has 1 aliphatic carbocycles. The zero-order valence-electron chi connectivity index (χ0n) is 11.9. The van der Waals surface area contributed by atoms with E-state index >= 15 is 0 Å². The predicted molar refractivity (Wildman–Crippen MR) is 75.4 cm³/mol. The number of nitrogens with zero attached hydrogens (tertiary/aromatic N) is 1. The Balaban J connectivity index is 1.99. The molecule has 0 aromatic carbocycles. The molecule has 1 saturated carbocycles. The topological polar surface area (TPSA) is 95.7 Å². The highest BCUT2D eigenvalue weighted by Crippen LogP contribution is 2.20. The lowest BCUT2D eigenvalue weighted by atomic mass is 9.91. The van der Waals surface area contributed by atoms with Crippen LogP contribution in [-0.4, -0.2) is 46.7 Å². The van der Waals surface area contributed by atoms with E-state index in [4.69, 9.17) is 5.73 Å². The molecular formula is C14H25N3O3. The second-order valence-corrected chi connectivity index (χ2v) is 5.90. The van der Waals surface area contributed by atoms with E-state index in [0.717, 1.165) is 44.9 Å². The van der Waals surface area contributed by atoms with Crippen molar-refractivity contribution >= 4 is 12.0 Å². The van der Waals surface area contributed by atoms with Crippen LogP contribution in [0.2, 0.25) is 0 Å². The quantitative estimate of drug-likeness (QED) is 0.711. The van der Waals surface area contributed by atoms with Crippen LogP contribution in [0.1, 0.15) is 51.4 Å². The van der Waals surface area contributed by atoms with Gasteiger partial charge in [0.15, 0.2) is 0 Å². The van der Waals surface area contributed by atoms with Gasteiger partial charge in [0.05, 0.1) is 0 Å². The van der Waals surface area contributed by atoms with Crippen molar-refractivity contribution in [1.82, 2.24) is 10.2 Å². The fraction of sp³-hybridized carbons (Fsp3) is 0.857. The maximum atomic E-state index is 12.4. The molecule has 0 aromatic heterocycles. The van der Waals surface area contributed by atoms with Crippen LogP contribution in [0.5, 0.6) is 0 Å². The highest BCUT2D eigenvalue weighted by molar-refractivity contribution is 5.82. The molecule has 114 valence electrons. The molecule has 20 heavy (non-hydrogen) atoms. The molecule has 4 N–H and O–H groups in total. The van der Waals surface area contributed by atoms with Crippen molar-refractivity contribution in [3.05, 3.63) is 0 Å². The Labute approximate surface area is 119 Å². The smallest absolute Gasteiger partial charge is 0.326 e. The number of likely N-dealkylation sites (tertiary alicyclic amines) is 1.